The summed E-state index contributed by atoms with van der Waals surface area (Å²) in [6.07, 6.45) is 0.885. The molecular weight excluding hydrogens is 468 g/mol. The van der Waals surface area contributed by atoms with E-state index in [1.165, 1.54) is 0 Å². The van der Waals surface area contributed by atoms with Gasteiger partial charge in [0.15, 0.2) is 0 Å². The number of hydrogen-bond acceptors (Lipinski definition) is 5. The largest absolute Gasteiger partial charge is 0.445 e. The summed E-state index contributed by atoms with van der Waals surface area (Å²) in [7, 11) is 0. The molecule has 8 heteroatoms. The van der Waals surface area contributed by atoms with Crippen LogP contribution in [0, 0.1) is 0 Å². The molecule has 192 valence electrons. The molecule has 0 unspecified atom stereocenters. The first-order chi connectivity index (χ1) is 18.0. The number of carbonyl (C=O) groups is 3. The molecule has 0 saturated carbocycles. The van der Waals surface area contributed by atoms with Crippen molar-refractivity contribution in [1.29, 1.82) is 0 Å². The fourth-order valence-electron chi connectivity index (χ4n) is 4.40. The number of hydrogen-bond donors (Lipinski definition) is 3. The maximum absolute atomic E-state index is 13.6. The number of carbonyl (C=O) groups excluding carboxylic acids is 3. The number of benzene rings is 3. The minimum atomic E-state index is -0.865. The van der Waals surface area contributed by atoms with Gasteiger partial charge in [-0.2, -0.15) is 0 Å². The highest BCUT2D eigenvalue weighted by atomic mass is 16.5. The van der Waals surface area contributed by atoms with Crippen LogP contribution >= 0.6 is 0 Å². The van der Waals surface area contributed by atoms with E-state index in [4.69, 9.17) is 10.5 Å². The molecule has 37 heavy (non-hydrogen) atoms. The van der Waals surface area contributed by atoms with Crippen LogP contribution in [-0.2, 0) is 33.9 Å². The van der Waals surface area contributed by atoms with Crippen LogP contribution in [-0.4, -0.2) is 41.4 Å². The Balaban J connectivity index is 1.41. The van der Waals surface area contributed by atoms with Crippen LogP contribution in [0.5, 0.6) is 0 Å². The minimum Gasteiger partial charge on any atom is -0.445 e. The Morgan fingerprint density at radius 1 is 0.892 bits per heavy atom. The van der Waals surface area contributed by atoms with Gasteiger partial charge in [-0.05, 0) is 41.7 Å². The lowest BCUT2D eigenvalue weighted by atomic mass is 10.0. The molecule has 4 N–H and O–H groups in total. The predicted octanol–water partition coefficient (Wildman–Crippen LogP) is 3.41. The van der Waals surface area contributed by atoms with Crippen molar-refractivity contribution in [2.75, 3.05) is 12.3 Å². The normalized spacial score (nSPS) is 15.6. The summed E-state index contributed by atoms with van der Waals surface area (Å²) in [4.78, 5) is 40.9. The second-order valence-corrected chi connectivity index (χ2v) is 9.10. The highest BCUT2D eigenvalue weighted by molar-refractivity contribution is 5.92. The molecule has 1 aliphatic heterocycles. The molecule has 1 heterocycles. The van der Waals surface area contributed by atoms with Gasteiger partial charge in [-0.1, -0.05) is 72.8 Å². The first-order valence-corrected chi connectivity index (χ1v) is 12.4. The average Bonchev–Trinajstić information content (AvgIpc) is 3.42. The van der Waals surface area contributed by atoms with Gasteiger partial charge in [-0.15, -0.1) is 0 Å². The molecular formula is C29H32N4O4. The summed E-state index contributed by atoms with van der Waals surface area (Å²) in [6, 6.07) is 24.6. The van der Waals surface area contributed by atoms with Crippen LogP contribution in [0.2, 0.25) is 0 Å². The Morgan fingerprint density at radius 2 is 1.54 bits per heavy atom. The van der Waals surface area contributed by atoms with E-state index in [0.29, 0.717) is 31.6 Å². The molecule has 0 radical (unpaired) electrons. The lowest BCUT2D eigenvalue weighted by Crippen LogP contribution is -2.54. The fourth-order valence-corrected chi connectivity index (χ4v) is 4.40. The number of nitrogens with one attached hydrogen (secondary N) is 2. The number of alkyl carbamates (subject to hydrolysis) is 1. The Bertz CT molecular complexity index is 1190. The second kappa shape index (κ2) is 12.6. The van der Waals surface area contributed by atoms with E-state index in [0.717, 1.165) is 16.7 Å². The number of anilines is 1. The number of nitrogens with zero attached hydrogens (tertiary/aromatic N) is 1. The predicted molar refractivity (Wildman–Crippen MR) is 141 cm³/mol. The molecule has 1 saturated heterocycles. The van der Waals surface area contributed by atoms with E-state index < -0.39 is 18.2 Å². The minimum absolute atomic E-state index is 0.0960. The third-order valence-corrected chi connectivity index (χ3v) is 6.37. The van der Waals surface area contributed by atoms with Crippen molar-refractivity contribution in [2.24, 2.45) is 0 Å². The molecule has 4 rings (SSSR count). The molecule has 3 aromatic rings. The zero-order valence-corrected chi connectivity index (χ0v) is 20.6. The quantitative estimate of drug-likeness (QED) is 0.390. The summed E-state index contributed by atoms with van der Waals surface area (Å²) in [5.41, 5.74) is 9.05. The van der Waals surface area contributed by atoms with E-state index in [1.807, 2.05) is 72.8 Å². The number of nitrogen functional groups attached to an aromatic ring is 1. The van der Waals surface area contributed by atoms with Gasteiger partial charge < -0.3 is 26.0 Å². The highest BCUT2D eigenvalue weighted by Gasteiger charge is 2.37. The fraction of sp³-hybridized carbons (Fsp3) is 0.276. The van der Waals surface area contributed by atoms with Gasteiger partial charge >= 0.3 is 6.09 Å². The maximum Gasteiger partial charge on any atom is 0.408 e. The smallest absolute Gasteiger partial charge is 0.408 e. The van der Waals surface area contributed by atoms with Gasteiger partial charge in [-0.25, -0.2) is 4.79 Å². The molecule has 3 amide bonds. The number of nitrogens with two attached hydrogens (primary N) is 1. The monoisotopic (exact) mass is 500 g/mol. The summed E-state index contributed by atoms with van der Waals surface area (Å²) in [5, 5.41) is 5.67. The Morgan fingerprint density at radius 3 is 2.22 bits per heavy atom. The van der Waals surface area contributed by atoms with Crippen molar-refractivity contribution in [2.45, 2.75) is 44.5 Å². The molecule has 3 aromatic carbocycles. The van der Waals surface area contributed by atoms with Gasteiger partial charge in [0.25, 0.3) is 0 Å². The third kappa shape index (κ3) is 7.33. The van der Waals surface area contributed by atoms with Crippen molar-refractivity contribution in [1.82, 2.24) is 15.5 Å². The molecule has 0 aliphatic carbocycles. The second-order valence-electron chi connectivity index (χ2n) is 9.10. The summed E-state index contributed by atoms with van der Waals surface area (Å²) < 4.78 is 5.37. The number of likely N-dealkylation sites (tertiary alicyclic amines) is 1. The summed E-state index contributed by atoms with van der Waals surface area (Å²) in [6.45, 7) is 0.888. The van der Waals surface area contributed by atoms with Crippen molar-refractivity contribution >= 4 is 23.6 Å². The zero-order chi connectivity index (χ0) is 26.0. The van der Waals surface area contributed by atoms with E-state index in [2.05, 4.69) is 10.6 Å². The third-order valence-electron chi connectivity index (χ3n) is 6.37. The van der Waals surface area contributed by atoms with Crippen molar-refractivity contribution in [3.05, 3.63) is 102 Å². The number of amides is 3. The first-order valence-electron chi connectivity index (χ1n) is 12.4. The molecule has 1 fully saturated rings. The molecule has 8 nitrogen and oxygen atoms in total. The molecule has 0 spiro atoms. The average molecular weight is 501 g/mol. The van der Waals surface area contributed by atoms with Crippen LogP contribution in [0.1, 0.15) is 29.5 Å². The molecule has 0 aromatic heterocycles. The van der Waals surface area contributed by atoms with E-state index >= 15 is 0 Å². The standard InChI is InChI=1S/C29H32N4O4/c30-24-15-13-22(14-16-24)19-31-27(34)26-12-7-17-33(26)28(35)25(18-21-8-3-1-4-9-21)32-29(36)37-20-23-10-5-2-6-11-23/h1-6,8-11,13-16,25-26H,7,12,17-20,30H2,(H,31,34)(H,32,36)/t25-,26+/m1/s1. The van der Waals surface area contributed by atoms with Gasteiger partial charge in [0.05, 0.1) is 0 Å². The molecule has 2 atom stereocenters. The van der Waals surface area contributed by atoms with E-state index in [-0.39, 0.29) is 24.8 Å². The summed E-state index contributed by atoms with van der Waals surface area (Å²) in [5.74, 6) is -0.515. The first kappa shape index (κ1) is 25.8. The lowest BCUT2D eigenvalue weighted by molar-refractivity contribution is -0.140. The van der Waals surface area contributed by atoms with Crippen molar-refractivity contribution in [3.63, 3.8) is 0 Å². The number of ether oxygens (including phenoxy) is 1. The van der Waals surface area contributed by atoms with E-state index in [1.54, 1.807) is 17.0 Å². The van der Waals surface area contributed by atoms with Crippen LogP contribution < -0.4 is 16.4 Å². The van der Waals surface area contributed by atoms with Crippen LogP contribution in [0.15, 0.2) is 84.9 Å². The Kier molecular flexibility index (Phi) is 8.75. The van der Waals surface area contributed by atoms with Gasteiger partial charge in [0, 0.05) is 25.2 Å². The van der Waals surface area contributed by atoms with Crippen LogP contribution in [0.4, 0.5) is 10.5 Å². The topological polar surface area (TPSA) is 114 Å². The zero-order valence-electron chi connectivity index (χ0n) is 20.6. The van der Waals surface area contributed by atoms with Crippen LogP contribution in [0.25, 0.3) is 0 Å². The maximum atomic E-state index is 13.6. The molecule has 0 bridgehead atoms. The Hall–Kier alpha value is -4.33. The van der Waals surface area contributed by atoms with Crippen molar-refractivity contribution < 1.29 is 19.1 Å². The lowest BCUT2D eigenvalue weighted by Gasteiger charge is -2.28. The summed E-state index contributed by atoms with van der Waals surface area (Å²) >= 11 is 0. The van der Waals surface area contributed by atoms with Gasteiger partial charge in [-0.3, -0.25) is 9.59 Å². The van der Waals surface area contributed by atoms with Crippen molar-refractivity contribution in [3.8, 4) is 0 Å². The molecule has 1 aliphatic rings. The Labute approximate surface area is 216 Å². The van der Waals surface area contributed by atoms with E-state index in [9.17, 15) is 14.4 Å². The highest BCUT2D eigenvalue weighted by Crippen LogP contribution is 2.20. The van der Waals surface area contributed by atoms with Gasteiger partial charge in [0.1, 0.15) is 18.7 Å². The van der Waals surface area contributed by atoms with Crippen LogP contribution in [0.3, 0.4) is 0 Å². The number of rotatable bonds is 9. The van der Waals surface area contributed by atoms with Gasteiger partial charge in [0.2, 0.25) is 11.8 Å². The SMILES string of the molecule is Nc1ccc(CNC(=O)[C@@H]2CCCN2C(=O)[C@@H](Cc2ccccc2)NC(=O)OCc2ccccc2)cc1.